The molecule has 0 radical (unpaired) electrons. The molecule has 26 heavy (non-hydrogen) atoms. The SMILES string of the molecule is CC(C)N(c1csc2cnc(C(=O)N[C@@H]3C[C@H]4CC[C@@H]3N4)cc12)C(C)C. The molecule has 0 spiro atoms. The highest BCUT2D eigenvalue weighted by Gasteiger charge is 2.39. The van der Waals surface area contributed by atoms with Gasteiger partial charge in [-0.3, -0.25) is 4.79 Å². The second-order valence-electron chi connectivity index (χ2n) is 8.14. The molecule has 140 valence electrons. The molecule has 2 saturated heterocycles. The van der Waals surface area contributed by atoms with Gasteiger partial charge in [0.05, 0.1) is 10.4 Å². The second kappa shape index (κ2) is 6.82. The third kappa shape index (κ3) is 3.09. The fourth-order valence-corrected chi connectivity index (χ4v) is 5.51. The monoisotopic (exact) mass is 372 g/mol. The van der Waals surface area contributed by atoms with E-state index in [1.54, 1.807) is 11.3 Å². The van der Waals surface area contributed by atoms with Crippen molar-refractivity contribution in [1.82, 2.24) is 15.6 Å². The predicted molar refractivity (Wildman–Crippen MR) is 108 cm³/mol. The molecule has 0 aromatic carbocycles. The van der Waals surface area contributed by atoms with Gasteiger partial charge in [0.25, 0.3) is 5.91 Å². The Morgan fingerprint density at radius 3 is 2.69 bits per heavy atom. The normalized spacial score (nSPS) is 24.8. The van der Waals surface area contributed by atoms with E-state index in [0.29, 0.717) is 29.9 Å². The Balaban J connectivity index is 1.60. The molecule has 2 bridgehead atoms. The lowest BCUT2D eigenvalue weighted by Crippen LogP contribution is -2.43. The van der Waals surface area contributed by atoms with E-state index >= 15 is 0 Å². The summed E-state index contributed by atoms with van der Waals surface area (Å²) in [6.45, 7) is 8.84. The van der Waals surface area contributed by atoms with Crippen molar-refractivity contribution in [2.24, 2.45) is 0 Å². The minimum absolute atomic E-state index is 0.0518. The number of amides is 1. The number of aromatic nitrogens is 1. The van der Waals surface area contributed by atoms with Crippen molar-refractivity contribution >= 4 is 33.0 Å². The maximum Gasteiger partial charge on any atom is 0.270 e. The van der Waals surface area contributed by atoms with Crippen molar-refractivity contribution in [3.8, 4) is 0 Å². The van der Waals surface area contributed by atoms with Crippen LogP contribution in [0.2, 0.25) is 0 Å². The molecule has 2 fully saturated rings. The highest BCUT2D eigenvalue weighted by molar-refractivity contribution is 7.17. The Morgan fingerprint density at radius 1 is 1.31 bits per heavy atom. The molecule has 1 amide bonds. The molecule has 6 heteroatoms. The van der Waals surface area contributed by atoms with Gasteiger partial charge < -0.3 is 15.5 Å². The fraction of sp³-hybridized carbons (Fsp3) is 0.600. The second-order valence-corrected chi connectivity index (χ2v) is 9.06. The summed E-state index contributed by atoms with van der Waals surface area (Å²) in [6.07, 6.45) is 5.28. The minimum atomic E-state index is -0.0518. The summed E-state index contributed by atoms with van der Waals surface area (Å²) < 4.78 is 1.13. The molecule has 0 saturated carbocycles. The first-order valence-electron chi connectivity index (χ1n) is 9.66. The summed E-state index contributed by atoms with van der Waals surface area (Å²) in [5.41, 5.74) is 1.72. The van der Waals surface area contributed by atoms with E-state index < -0.39 is 0 Å². The first kappa shape index (κ1) is 17.7. The molecule has 2 aliphatic rings. The molecule has 2 aromatic rings. The highest BCUT2D eigenvalue weighted by Crippen LogP contribution is 2.35. The predicted octanol–water partition coefficient (Wildman–Crippen LogP) is 3.54. The number of nitrogens with one attached hydrogen (secondary N) is 2. The summed E-state index contributed by atoms with van der Waals surface area (Å²) in [4.78, 5) is 19.6. The number of nitrogens with zero attached hydrogens (tertiary/aromatic N) is 2. The van der Waals surface area contributed by atoms with E-state index in [0.717, 1.165) is 22.9 Å². The molecule has 2 aromatic heterocycles. The molecule has 5 nitrogen and oxygen atoms in total. The summed E-state index contributed by atoms with van der Waals surface area (Å²) in [6, 6.07) is 4.02. The fourth-order valence-electron chi connectivity index (χ4n) is 4.62. The molecule has 4 heterocycles. The van der Waals surface area contributed by atoms with E-state index in [2.05, 4.69) is 53.6 Å². The quantitative estimate of drug-likeness (QED) is 0.843. The molecule has 2 aliphatic heterocycles. The number of fused-ring (bicyclic) bond motifs is 3. The van der Waals surface area contributed by atoms with Crippen LogP contribution in [-0.2, 0) is 0 Å². The van der Waals surface area contributed by atoms with Gasteiger partial charge >= 0.3 is 0 Å². The smallest absolute Gasteiger partial charge is 0.270 e. The lowest BCUT2D eigenvalue weighted by atomic mass is 9.95. The van der Waals surface area contributed by atoms with Crippen LogP contribution in [0.15, 0.2) is 17.6 Å². The van der Waals surface area contributed by atoms with Crippen LogP contribution in [0.1, 0.15) is 57.4 Å². The maximum absolute atomic E-state index is 12.8. The van der Waals surface area contributed by atoms with Gasteiger partial charge in [-0.2, -0.15) is 0 Å². The number of carbonyl (C=O) groups is 1. The van der Waals surface area contributed by atoms with Gasteiger partial charge in [0.1, 0.15) is 5.69 Å². The van der Waals surface area contributed by atoms with Gasteiger partial charge in [-0.15, -0.1) is 11.3 Å². The number of anilines is 1. The van der Waals surface area contributed by atoms with Crippen LogP contribution in [0.5, 0.6) is 0 Å². The summed E-state index contributed by atoms with van der Waals surface area (Å²) in [5, 5.41) is 10.1. The standard InChI is InChI=1S/C20H28N4OS/c1-11(2)24(12(3)4)18-10-26-19-9-21-17(8-14(18)19)20(25)23-16-7-13-5-6-15(16)22-13/h8-13,15-16,22H,5-7H2,1-4H3,(H,23,25)/t13-,15+,16-/m1/s1. The maximum atomic E-state index is 12.8. The first-order chi connectivity index (χ1) is 12.4. The van der Waals surface area contributed by atoms with Crippen LogP contribution in [0.25, 0.3) is 10.1 Å². The van der Waals surface area contributed by atoms with Crippen molar-refractivity contribution in [2.45, 2.75) is 77.2 Å². The summed E-state index contributed by atoms with van der Waals surface area (Å²) in [7, 11) is 0. The topological polar surface area (TPSA) is 57.3 Å². The lowest BCUT2D eigenvalue weighted by Gasteiger charge is -2.32. The molecule has 3 atom stereocenters. The van der Waals surface area contributed by atoms with Crippen LogP contribution >= 0.6 is 11.3 Å². The number of pyridine rings is 1. The van der Waals surface area contributed by atoms with Crippen LogP contribution in [0.4, 0.5) is 5.69 Å². The van der Waals surface area contributed by atoms with Crippen LogP contribution in [0, 0.1) is 0 Å². The average molecular weight is 373 g/mol. The van der Waals surface area contributed by atoms with Crippen molar-refractivity contribution in [3.63, 3.8) is 0 Å². The van der Waals surface area contributed by atoms with E-state index in [1.807, 2.05) is 12.3 Å². The summed E-state index contributed by atoms with van der Waals surface area (Å²) >= 11 is 1.69. The van der Waals surface area contributed by atoms with Gasteiger partial charge in [0.15, 0.2) is 0 Å². The third-order valence-electron chi connectivity index (χ3n) is 5.68. The van der Waals surface area contributed by atoms with Gasteiger partial charge in [0, 0.05) is 47.2 Å². The molecule has 4 rings (SSSR count). The number of rotatable bonds is 5. The zero-order valence-corrected chi connectivity index (χ0v) is 16.8. The van der Waals surface area contributed by atoms with E-state index in [1.165, 1.54) is 12.1 Å². The van der Waals surface area contributed by atoms with Crippen molar-refractivity contribution in [1.29, 1.82) is 0 Å². The Labute approximate surface area is 159 Å². The molecule has 0 unspecified atom stereocenters. The number of carbonyl (C=O) groups excluding carboxylic acids is 1. The van der Waals surface area contributed by atoms with Gasteiger partial charge in [0.2, 0.25) is 0 Å². The van der Waals surface area contributed by atoms with Crippen molar-refractivity contribution < 1.29 is 4.79 Å². The number of thiophene rings is 1. The summed E-state index contributed by atoms with van der Waals surface area (Å²) in [5.74, 6) is -0.0518. The van der Waals surface area contributed by atoms with Crippen molar-refractivity contribution in [2.75, 3.05) is 4.90 Å². The van der Waals surface area contributed by atoms with Gasteiger partial charge in [-0.25, -0.2) is 4.98 Å². The average Bonchev–Trinajstić information content (AvgIpc) is 3.29. The van der Waals surface area contributed by atoms with Crippen LogP contribution < -0.4 is 15.5 Å². The molecule has 0 aliphatic carbocycles. The Hall–Kier alpha value is -1.66. The number of hydrogen-bond donors (Lipinski definition) is 2. The van der Waals surface area contributed by atoms with E-state index in [-0.39, 0.29) is 11.9 Å². The van der Waals surface area contributed by atoms with Crippen molar-refractivity contribution in [3.05, 3.63) is 23.3 Å². The van der Waals surface area contributed by atoms with Gasteiger partial charge in [-0.1, -0.05) is 0 Å². The highest BCUT2D eigenvalue weighted by atomic mass is 32.1. The van der Waals surface area contributed by atoms with Crippen LogP contribution in [0.3, 0.4) is 0 Å². The molecular formula is C20H28N4OS. The molecular weight excluding hydrogens is 344 g/mol. The third-order valence-corrected chi connectivity index (χ3v) is 6.60. The number of hydrogen-bond acceptors (Lipinski definition) is 5. The Bertz CT molecular complexity index is 807. The minimum Gasteiger partial charge on any atom is -0.366 e. The zero-order chi connectivity index (χ0) is 18.4. The van der Waals surface area contributed by atoms with E-state index in [9.17, 15) is 4.79 Å². The zero-order valence-electron chi connectivity index (χ0n) is 16.0. The molecule has 2 N–H and O–H groups in total. The first-order valence-corrected chi connectivity index (χ1v) is 10.5. The van der Waals surface area contributed by atoms with Gasteiger partial charge in [-0.05, 0) is 53.0 Å². The van der Waals surface area contributed by atoms with E-state index in [4.69, 9.17) is 0 Å². The Kier molecular flexibility index (Phi) is 4.65. The lowest BCUT2D eigenvalue weighted by molar-refractivity contribution is 0.0926. The Morgan fingerprint density at radius 2 is 2.08 bits per heavy atom. The largest absolute Gasteiger partial charge is 0.366 e. The van der Waals surface area contributed by atoms with Crippen LogP contribution in [-0.4, -0.2) is 41.1 Å².